The first kappa shape index (κ1) is 25.5. The third-order valence-electron chi connectivity index (χ3n) is 8.09. The Bertz CT molecular complexity index is 1720. The third kappa shape index (κ3) is 4.76. The van der Waals surface area contributed by atoms with Crippen molar-refractivity contribution < 1.29 is 9.13 Å². The molecule has 0 amide bonds. The van der Waals surface area contributed by atoms with Gasteiger partial charge in [-0.15, -0.1) is 0 Å². The van der Waals surface area contributed by atoms with E-state index in [2.05, 4.69) is 48.4 Å². The molecule has 5 aromatic rings. The van der Waals surface area contributed by atoms with Gasteiger partial charge in [-0.05, 0) is 49.1 Å². The minimum absolute atomic E-state index is 0.292. The van der Waals surface area contributed by atoms with Crippen LogP contribution in [0.15, 0.2) is 73.7 Å². The second-order valence-corrected chi connectivity index (χ2v) is 10.8. The molecule has 2 aliphatic rings. The average Bonchev–Trinajstić information content (AvgIpc) is 3.78. The number of hydrogen-bond acceptors (Lipinski definition) is 8. The number of hydrogen-bond donors (Lipinski definition) is 1. The molecule has 6 heterocycles. The number of rotatable bonds is 6. The number of aromatic nitrogens is 7. The fourth-order valence-electron chi connectivity index (χ4n) is 5.53. The topological polar surface area (TPSA) is 112 Å². The van der Waals surface area contributed by atoms with Gasteiger partial charge >= 0.3 is 0 Å². The third-order valence-corrected chi connectivity index (χ3v) is 8.09. The van der Waals surface area contributed by atoms with Gasteiger partial charge in [-0.2, -0.15) is 10.2 Å². The quantitative estimate of drug-likeness (QED) is 0.337. The van der Waals surface area contributed by atoms with Crippen LogP contribution >= 0.6 is 0 Å². The van der Waals surface area contributed by atoms with Crippen LogP contribution in [0.4, 0.5) is 10.2 Å². The summed E-state index contributed by atoms with van der Waals surface area (Å²) >= 11 is 0. The zero-order valence-electron chi connectivity index (χ0n) is 22.7. The van der Waals surface area contributed by atoms with Crippen LogP contribution in [0, 0.1) is 5.82 Å². The van der Waals surface area contributed by atoms with Crippen molar-refractivity contribution in [2.24, 2.45) is 5.73 Å². The van der Waals surface area contributed by atoms with E-state index in [1.54, 1.807) is 30.9 Å². The van der Waals surface area contributed by atoms with Gasteiger partial charge < -0.3 is 15.4 Å². The lowest BCUT2D eigenvalue weighted by atomic mass is 9.87. The average molecular weight is 552 g/mol. The van der Waals surface area contributed by atoms with Crippen molar-refractivity contribution >= 4 is 16.9 Å². The summed E-state index contributed by atoms with van der Waals surface area (Å²) in [6.45, 7) is 4.81. The molecule has 10 nitrogen and oxygen atoms in total. The first-order valence-electron chi connectivity index (χ1n) is 13.7. The molecule has 7 rings (SSSR count). The van der Waals surface area contributed by atoms with Gasteiger partial charge in [0, 0.05) is 61.2 Å². The van der Waals surface area contributed by atoms with Gasteiger partial charge in [0.05, 0.1) is 24.4 Å². The molecule has 1 saturated heterocycles. The first-order valence-corrected chi connectivity index (χ1v) is 13.7. The van der Waals surface area contributed by atoms with E-state index in [1.165, 1.54) is 12.1 Å². The highest BCUT2D eigenvalue weighted by Crippen LogP contribution is 2.31. The van der Waals surface area contributed by atoms with Crippen LogP contribution in [-0.2, 0) is 10.3 Å². The Labute approximate surface area is 236 Å². The molecule has 0 bridgehead atoms. The van der Waals surface area contributed by atoms with Crippen LogP contribution in [0.1, 0.15) is 42.8 Å². The lowest BCUT2D eigenvalue weighted by Crippen LogP contribution is -2.34. The molecule has 2 atom stereocenters. The molecule has 0 aliphatic carbocycles. The minimum Gasteiger partial charge on any atom is -0.379 e. The highest BCUT2D eigenvalue weighted by molar-refractivity contribution is 5.78. The van der Waals surface area contributed by atoms with Crippen molar-refractivity contribution in [2.45, 2.75) is 31.3 Å². The molecule has 1 aromatic carbocycles. The molecule has 2 N–H and O–H groups in total. The number of fused-ring (bicyclic) bond motifs is 1. The van der Waals surface area contributed by atoms with E-state index < -0.39 is 5.54 Å². The van der Waals surface area contributed by atoms with Crippen LogP contribution in [0.5, 0.6) is 0 Å². The molecule has 41 heavy (non-hydrogen) atoms. The maximum absolute atomic E-state index is 13.4. The van der Waals surface area contributed by atoms with Gasteiger partial charge in [0.2, 0.25) is 0 Å². The molecule has 11 heteroatoms. The smallest absolute Gasteiger partial charge is 0.156 e. The summed E-state index contributed by atoms with van der Waals surface area (Å²) in [7, 11) is 0. The summed E-state index contributed by atoms with van der Waals surface area (Å²) in [6.07, 6.45) is 15.0. The normalized spacial score (nSPS) is 19.0. The highest BCUT2D eigenvalue weighted by Gasteiger charge is 2.26. The zero-order valence-corrected chi connectivity index (χ0v) is 22.7. The van der Waals surface area contributed by atoms with Crippen molar-refractivity contribution in [3.8, 4) is 11.1 Å². The summed E-state index contributed by atoms with van der Waals surface area (Å²) in [5, 5.41) is 9.02. The Balaban J connectivity index is 1.08. The first-order chi connectivity index (χ1) is 20.0. The molecular formula is C30H30FN9O. The fraction of sp³-hybridized carbons (Fsp3) is 0.300. The maximum atomic E-state index is 13.4. The summed E-state index contributed by atoms with van der Waals surface area (Å²) < 4.78 is 22.8. The molecular weight excluding hydrogens is 521 g/mol. The van der Waals surface area contributed by atoms with Gasteiger partial charge in [-0.1, -0.05) is 18.2 Å². The minimum atomic E-state index is -0.831. The van der Waals surface area contributed by atoms with Crippen LogP contribution in [-0.4, -0.2) is 60.6 Å². The molecule has 0 radical (unpaired) electrons. The highest BCUT2D eigenvalue weighted by atomic mass is 19.1. The Kier molecular flexibility index (Phi) is 6.32. The van der Waals surface area contributed by atoms with Gasteiger partial charge in [0.15, 0.2) is 11.6 Å². The van der Waals surface area contributed by atoms with Crippen molar-refractivity contribution in [1.29, 1.82) is 0 Å². The van der Waals surface area contributed by atoms with Crippen LogP contribution in [0.25, 0.3) is 22.2 Å². The summed E-state index contributed by atoms with van der Waals surface area (Å²) in [4.78, 5) is 16.1. The molecule has 1 fully saturated rings. The van der Waals surface area contributed by atoms with E-state index >= 15 is 0 Å². The summed E-state index contributed by atoms with van der Waals surface area (Å²) in [6, 6.07) is 8.62. The molecule has 0 unspecified atom stereocenters. The van der Waals surface area contributed by atoms with Crippen molar-refractivity contribution in [2.75, 3.05) is 31.2 Å². The Morgan fingerprint density at radius 2 is 1.83 bits per heavy atom. The van der Waals surface area contributed by atoms with E-state index in [4.69, 9.17) is 10.5 Å². The predicted octanol–water partition coefficient (Wildman–Crippen LogP) is 4.00. The second-order valence-electron chi connectivity index (χ2n) is 10.8. The fourth-order valence-corrected chi connectivity index (χ4v) is 5.53. The molecule has 0 spiro atoms. The van der Waals surface area contributed by atoms with E-state index in [0.717, 1.165) is 65.2 Å². The monoisotopic (exact) mass is 551 g/mol. The summed E-state index contributed by atoms with van der Waals surface area (Å²) in [5.74, 6) is 1.27. The van der Waals surface area contributed by atoms with Crippen molar-refractivity contribution in [3.63, 3.8) is 0 Å². The van der Waals surface area contributed by atoms with Crippen LogP contribution in [0.2, 0.25) is 0 Å². The standard InChI is InChI=1S/C30H30FN9O/c1-30(32,23-2-4-25(31)5-3-23)24-14-33-28(34-15-24)20-6-9-38(10-7-20)29-27-12-21(16-40(27)37-19-35-29)22-13-36-39(17-22)26-8-11-41-18-26/h2-6,12-17,19,26H,7-11,18,32H2,1H3/t26-,30-/m0/s1. The van der Waals surface area contributed by atoms with Gasteiger partial charge in [-0.25, -0.2) is 23.9 Å². The van der Waals surface area contributed by atoms with Crippen molar-refractivity contribution in [3.05, 3.63) is 96.5 Å². The zero-order chi connectivity index (χ0) is 28.0. The maximum Gasteiger partial charge on any atom is 0.156 e. The number of ether oxygens (including phenoxy) is 1. The molecule has 2 aliphatic heterocycles. The number of anilines is 1. The molecule has 4 aromatic heterocycles. The Morgan fingerprint density at radius 1 is 1.00 bits per heavy atom. The van der Waals surface area contributed by atoms with E-state index in [1.807, 2.05) is 28.5 Å². The van der Waals surface area contributed by atoms with Crippen LogP contribution < -0.4 is 10.6 Å². The largest absolute Gasteiger partial charge is 0.379 e. The van der Waals surface area contributed by atoms with E-state index in [9.17, 15) is 4.39 Å². The van der Waals surface area contributed by atoms with Crippen LogP contribution in [0.3, 0.4) is 0 Å². The molecule has 0 saturated carbocycles. The lowest BCUT2D eigenvalue weighted by molar-refractivity contribution is 0.184. The van der Waals surface area contributed by atoms with E-state index in [-0.39, 0.29) is 5.82 Å². The number of halogens is 1. The van der Waals surface area contributed by atoms with Gasteiger partial charge in [0.1, 0.15) is 17.7 Å². The summed E-state index contributed by atoms with van der Waals surface area (Å²) in [5.41, 5.74) is 11.4. The van der Waals surface area contributed by atoms with Crippen molar-refractivity contribution in [1.82, 2.24) is 34.3 Å². The predicted molar refractivity (Wildman–Crippen MR) is 153 cm³/mol. The van der Waals surface area contributed by atoms with Gasteiger partial charge in [0.25, 0.3) is 0 Å². The number of nitrogens with two attached hydrogens (primary N) is 1. The SMILES string of the molecule is C[C@](N)(c1ccc(F)cc1)c1cnc(C2=CCN(c3ncnn4cc(-c5cnn([C@H]6CCOC6)c5)cc34)CC2)nc1. The Morgan fingerprint density at radius 3 is 2.56 bits per heavy atom. The number of nitrogens with zero attached hydrogens (tertiary/aromatic N) is 8. The Hall–Kier alpha value is -4.48. The number of benzene rings is 1. The van der Waals surface area contributed by atoms with Gasteiger partial charge in [-0.3, -0.25) is 4.68 Å². The molecule has 208 valence electrons. The van der Waals surface area contributed by atoms with E-state index in [0.29, 0.717) is 25.0 Å². The lowest BCUT2D eigenvalue weighted by Gasteiger charge is -2.28. The second kappa shape index (κ2) is 10.2.